The summed E-state index contributed by atoms with van der Waals surface area (Å²) < 4.78 is 4.30. The van der Waals surface area contributed by atoms with Gasteiger partial charge in [0.15, 0.2) is 11.0 Å². The summed E-state index contributed by atoms with van der Waals surface area (Å²) in [6.45, 7) is 7.16. The van der Waals surface area contributed by atoms with Gasteiger partial charge in [0.1, 0.15) is 0 Å². The fourth-order valence-electron chi connectivity index (χ4n) is 5.01. The van der Waals surface area contributed by atoms with E-state index < -0.39 is 0 Å². The van der Waals surface area contributed by atoms with Crippen LogP contribution in [-0.2, 0) is 11.3 Å². The van der Waals surface area contributed by atoms with Gasteiger partial charge in [0.25, 0.3) is 5.91 Å². The first kappa shape index (κ1) is 26.5. The minimum Gasteiger partial charge on any atom is -0.341 e. The number of hydrogen-bond donors (Lipinski definition) is 1. The van der Waals surface area contributed by atoms with E-state index in [1.54, 1.807) is 6.21 Å². The minimum atomic E-state index is -0.217. The Morgan fingerprint density at radius 1 is 0.878 bits per heavy atom. The average molecular weight is 559 g/mol. The highest BCUT2D eigenvalue weighted by Gasteiger charge is 2.17. The van der Waals surface area contributed by atoms with Gasteiger partial charge in [-0.2, -0.15) is 5.10 Å². The molecule has 0 fully saturated rings. The second-order valence-corrected chi connectivity index (χ2v) is 10.9. The lowest BCUT2D eigenvalue weighted by Gasteiger charge is -2.11. The molecule has 0 saturated carbocycles. The van der Waals surface area contributed by atoms with Crippen LogP contribution in [0.5, 0.6) is 0 Å². The first-order valence-corrected chi connectivity index (χ1v) is 14.6. The number of rotatable bonds is 8. The molecule has 0 aliphatic rings. The Morgan fingerprint density at radius 2 is 1.59 bits per heavy atom. The Bertz CT molecular complexity index is 1880. The van der Waals surface area contributed by atoms with Crippen LogP contribution in [0.4, 0.5) is 0 Å². The summed E-state index contributed by atoms with van der Waals surface area (Å²) in [5.74, 6) is 0.665. The van der Waals surface area contributed by atoms with E-state index in [0.29, 0.717) is 5.16 Å². The molecule has 204 valence electrons. The first-order valence-electron chi connectivity index (χ1n) is 13.6. The zero-order chi connectivity index (χ0) is 28.3. The molecule has 0 radical (unpaired) electrons. The zero-order valence-corrected chi connectivity index (χ0v) is 24.0. The number of thioether (sulfide) groups is 1. The predicted octanol–water partition coefficient (Wildman–Crippen LogP) is 6.92. The van der Waals surface area contributed by atoms with Crippen molar-refractivity contribution in [3.05, 3.63) is 108 Å². The van der Waals surface area contributed by atoms with Crippen molar-refractivity contribution < 1.29 is 4.79 Å². The lowest BCUT2D eigenvalue weighted by atomic mass is 10.1. The second kappa shape index (κ2) is 11.4. The van der Waals surface area contributed by atoms with Crippen molar-refractivity contribution in [3.8, 4) is 17.1 Å². The van der Waals surface area contributed by atoms with Gasteiger partial charge in [-0.1, -0.05) is 83.6 Å². The number of carbonyl (C=O) groups is 1. The highest BCUT2D eigenvalue weighted by atomic mass is 32.2. The van der Waals surface area contributed by atoms with Crippen LogP contribution in [0, 0.1) is 13.8 Å². The average Bonchev–Trinajstić information content (AvgIpc) is 3.56. The van der Waals surface area contributed by atoms with Crippen molar-refractivity contribution in [3.63, 3.8) is 0 Å². The molecule has 8 heteroatoms. The molecular formula is C33H30N6OS. The van der Waals surface area contributed by atoms with Crippen molar-refractivity contribution in [1.29, 1.82) is 0 Å². The number of aryl methyl sites for hydroxylation is 3. The number of carbonyl (C=O) groups excluding carboxylic acids is 1. The van der Waals surface area contributed by atoms with Gasteiger partial charge in [-0.05, 0) is 56.7 Å². The van der Waals surface area contributed by atoms with Crippen LogP contribution < -0.4 is 5.43 Å². The van der Waals surface area contributed by atoms with Crippen LogP contribution in [0.2, 0.25) is 0 Å². The van der Waals surface area contributed by atoms with E-state index in [1.165, 1.54) is 44.7 Å². The molecule has 0 saturated heterocycles. The van der Waals surface area contributed by atoms with Gasteiger partial charge in [-0.3, -0.25) is 9.36 Å². The van der Waals surface area contributed by atoms with E-state index in [2.05, 4.69) is 107 Å². The number of fused-ring (bicyclic) bond motifs is 3. The fourth-order valence-corrected chi connectivity index (χ4v) is 5.76. The maximum Gasteiger partial charge on any atom is 0.250 e. The van der Waals surface area contributed by atoms with Gasteiger partial charge in [0.05, 0.1) is 12.0 Å². The third kappa shape index (κ3) is 5.38. The molecule has 6 aromatic rings. The fraction of sp³-hybridized carbons (Fsp3) is 0.152. The summed E-state index contributed by atoms with van der Waals surface area (Å²) in [6, 6.07) is 31.1. The summed E-state index contributed by atoms with van der Waals surface area (Å²) in [5.41, 5.74) is 10.2. The molecule has 0 aliphatic heterocycles. The Morgan fingerprint density at radius 3 is 2.34 bits per heavy atom. The molecule has 4 aromatic carbocycles. The number of nitrogens with one attached hydrogen (secondary N) is 1. The van der Waals surface area contributed by atoms with E-state index in [9.17, 15) is 4.79 Å². The molecule has 7 nitrogen and oxygen atoms in total. The first-order chi connectivity index (χ1) is 20.0. The normalized spacial score (nSPS) is 11.6. The highest BCUT2D eigenvalue weighted by Crippen LogP contribution is 2.30. The number of hydrazone groups is 1. The summed E-state index contributed by atoms with van der Waals surface area (Å²) >= 11 is 1.33. The number of aromatic nitrogens is 4. The number of amides is 1. The molecule has 41 heavy (non-hydrogen) atoms. The van der Waals surface area contributed by atoms with Crippen molar-refractivity contribution in [2.75, 3.05) is 5.75 Å². The van der Waals surface area contributed by atoms with Crippen molar-refractivity contribution in [2.45, 2.75) is 32.5 Å². The van der Waals surface area contributed by atoms with Crippen LogP contribution >= 0.6 is 11.8 Å². The molecule has 1 amide bonds. The number of hydrogen-bond acceptors (Lipinski definition) is 5. The standard InChI is InChI=1S/C33H30N6OS/c1-4-38-29-8-6-5-7-27(29)28-19-24(13-18-30(28)38)20-34-35-31(40)21-41-33-37-36-32(25-14-9-22(2)10-15-25)39(33)26-16-11-23(3)12-17-26/h5-20H,4,21H2,1-3H3,(H,35,40)/b34-20-. The quantitative estimate of drug-likeness (QED) is 0.125. The zero-order valence-electron chi connectivity index (χ0n) is 23.2. The Balaban J connectivity index is 1.18. The Kier molecular flexibility index (Phi) is 7.39. The maximum absolute atomic E-state index is 12.7. The molecule has 1 N–H and O–H groups in total. The van der Waals surface area contributed by atoms with Crippen molar-refractivity contribution in [2.24, 2.45) is 5.10 Å². The summed E-state index contributed by atoms with van der Waals surface area (Å²) in [6.07, 6.45) is 1.68. The lowest BCUT2D eigenvalue weighted by Crippen LogP contribution is -2.20. The molecular weight excluding hydrogens is 528 g/mol. The Labute approximate surface area is 242 Å². The molecule has 0 bridgehead atoms. The van der Waals surface area contributed by atoms with Gasteiger partial charge < -0.3 is 4.57 Å². The molecule has 0 unspecified atom stereocenters. The second-order valence-electron chi connectivity index (χ2n) is 9.96. The van der Waals surface area contributed by atoms with Crippen LogP contribution in [0.1, 0.15) is 23.6 Å². The van der Waals surface area contributed by atoms with Crippen molar-refractivity contribution in [1.82, 2.24) is 24.8 Å². The van der Waals surface area contributed by atoms with Gasteiger partial charge >= 0.3 is 0 Å². The summed E-state index contributed by atoms with van der Waals surface area (Å²) in [4.78, 5) is 12.7. The number of benzene rings is 4. The highest BCUT2D eigenvalue weighted by molar-refractivity contribution is 7.99. The molecule has 2 heterocycles. The number of nitrogens with zero attached hydrogens (tertiary/aromatic N) is 5. The SMILES string of the molecule is CCn1c2ccccc2c2cc(/C=N\NC(=O)CSc3nnc(-c4ccc(C)cc4)n3-c3ccc(C)cc3)ccc21. The van der Waals surface area contributed by atoms with Gasteiger partial charge in [0.2, 0.25) is 0 Å². The van der Waals surface area contributed by atoms with E-state index in [1.807, 2.05) is 34.9 Å². The van der Waals surface area contributed by atoms with Crippen LogP contribution in [-0.4, -0.2) is 37.2 Å². The topological polar surface area (TPSA) is 77.1 Å². The molecule has 0 atom stereocenters. The molecule has 0 spiro atoms. The molecule has 0 aliphatic carbocycles. The monoisotopic (exact) mass is 558 g/mol. The smallest absolute Gasteiger partial charge is 0.250 e. The lowest BCUT2D eigenvalue weighted by molar-refractivity contribution is -0.118. The summed E-state index contributed by atoms with van der Waals surface area (Å²) in [5, 5.41) is 16.2. The van der Waals surface area contributed by atoms with Crippen LogP contribution in [0.25, 0.3) is 38.9 Å². The Hall–Kier alpha value is -4.69. The van der Waals surface area contributed by atoms with Gasteiger partial charge in [-0.15, -0.1) is 10.2 Å². The maximum atomic E-state index is 12.7. The van der Waals surface area contributed by atoms with E-state index in [4.69, 9.17) is 0 Å². The van der Waals surface area contributed by atoms with E-state index >= 15 is 0 Å². The number of para-hydroxylation sites is 1. The van der Waals surface area contributed by atoms with E-state index in [0.717, 1.165) is 29.2 Å². The largest absolute Gasteiger partial charge is 0.341 e. The van der Waals surface area contributed by atoms with Gasteiger partial charge in [0, 0.05) is 39.6 Å². The predicted molar refractivity (Wildman–Crippen MR) is 168 cm³/mol. The third-order valence-electron chi connectivity index (χ3n) is 7.08. The van der Waals surface area contributed by atoms with Crippen LogP contribution in [0.3, 0.4) is 0 Å². The van der Waals surface area contributed by atoms with Gasteiger partial charge in [-0.25, -0.2) is 5.43 Å². The van der Waals surface area contributed by atoms with Crippen LogP contribution in [0.15, 0.2) is 101 Å². The van der Waals surface area contributed by atoms with Crippen molar-refractivity contribution >= 4 is 45.7 Å². The minimum absolute atomic E-state index is 0.151. The molecule has 2 aromatic heterocycles. The summed E-state index contributed by atoms with van der Waals surface area (Å²) in [7, 11) is 0. The third-order valence-corrected chi connectivity index (χ3v) is 8.01. The molecule has 6 rings (SSSR count). The van der Waals surface area contributed by atoms with E-state index in [-0.39, 0.29) is 11.7 Å².